The van der Waals surface area contributed by atoms with Crippen molar-refractivity contribution in [3.63, 3.8) is 0 Å². The maximum Gasteiger partial charge on any atom is 0.252 e. The number of nitrogens with two attached hydrogens (primary N) is 1. The molecule has 3 nitrogen and oxygen atoms in total. The van der Waals surface area contributed by atoms with Crippen LogP contribution in [0.3, 0.4) is 0 Å². The van der Waals surface area contributed by atoms with Crippen molar-refractivity contribution in [1.82, 2.24) is 5.32 Å². The standard InChI is InChI=1S/C20H27ClN2O/c21-18-2-1-13(3-4-22)8-17(18)19(24)23-12-20-9-14-5-15(10-20)7-16(6-14)11-20/h1-2,8,14-16H,3-7,9-12,22H2,(H,23,24). The second kappa shape index (κ2) is 6.34. The first kappa shape index (κ1) is 16.4. The molecule has 0 aromatic heterocycles. The van der Waals surface area contributed by atoms with E-state index in [0.717, 1.165) is 36.3 Å². The molecule has 4 aliphatic carbocycles. The molecule has 0 radical (unpaired) electrons. The summed E-state index contributed by atoms with van der Waals surface area (Å²) in [4.78, 5) is 12.7. The van der Waals surface area contributed by atoms with Gasteiger partial charge in [-0.05, 0) is 92.4 Å². The van der Waals surface area contributed by atoms with Gasteiger partial charge in [-0.15, -0.1) is 0 Å². The maximum absolute atomic E-state index is 12.7. The zero-order valence-electron chi connectivity index (χ0n) is 14.2. The minimum absolute atomic E-state index is 0.0328. The Labute approximate surface area is 149 Å². The van der Waals surface area contributed by atoms with Gasteiger partial charge in [0.2, 0.25) is 0 Å². The molecule has 0 unspecified atom stereocenters. The molecule has 3 N–H and O–H groups in total. The van der Waals surface area contributed by atoms with E-state index in [0.29, 0.717) is 22.5 Å². The third-order valence-electron chi connectivity index (χ3n) is 6.50. The van der Waals surface area contributed by atoms with Crippen LogP contribution < -0.4 is 11.1 Å². The van der Waals surface area contributed by atoms with Crippen molar-refractivity contribution in [2.45, 2.75) is 44.9 Å². The van der Waals surface area contributed by atoms with Gasteiger partial charge in [0, 0.05) is 6.54 Å². The normalized spacial score (nSPS) is 33.7. The summed E-state index contributed by atoms with van der Waals surface area (Å²) in [5.41, 5.74) is 7.63. The van der Waals surface area contributed by atoms with Crippen LogP contribution in [0.4, 0.5) is 0 Å². The summed E-state index contributed by atoms with van der Waals surface area (Å²) in [5.74, 6) is 2.69. The minimum Gasteiger partial charge on any atom is -0.351 e. The summed E-state index contributed by atoms with van der Waals surface area (Å²) in [6, 6.07) is 5.65. The summed E-state index contributed by atoms with van der Waals surface area (Å²) in [7, 11) is 0. The largest absolute Gasteiger partial charge is 0.351 e. The number of carbonyl (C=O) groups excluding carboxylic acids is 1. The van der Waals surface area contributed by atoms with E-state index in [4.69, 9.17) is 17.3 Å². The number of hydrogen-bond acceptors (Lipinski definition) is 2. The Morgan fingerprint density at radius 3 is 2.38 bits per heavy atom. The number of carbonyl (C=O) groups is 1. The van der Waals surface area contributed by atoms with Gasteiger partial charge < -0.3 is 11.1 Å². The molecule has 0 spiro atoms. The molecule has 1 amide bonds. The molecule has 0 saturated heterocycles. The summed E-state index contributed by atoms with van der Waals surface area (Å²) >= 11 is 6.25. The second-order valence-corrected chi connectivity index (χ2v) is 8.86. The Bertz CT molecular complexity index is 607. The lowest BCUT2D eigenvalue weighted by Crippen LogP contribution is -2.51. The van der Waals surface area contributed by atoms with Crippen LogP contribution in [0, 0.1) is 23.2 Å². The van der Waals surface area contributed by atoms with Gasteiger partial charge in [-0.3, -0.25) is 4.79 Å². The van der Waals surface area contributed by atoms with E-state index in [1.54, 1.807) is 0 Å². The fourth-order valence-corrected chi connectivity index (χ4v) is 6.14. The highest BCUT2D eigenvalue weighted by atomic mass is 35.5. The highest BCUT2D eigenvalue weighted by Gasteiger charge is 2.50. The number of rotatable bonds is 5. The van der Waals surface area contributed by atoms with Crippen molar-refractivity contribution >= 4 is 17.5 Å². The van der Waals surface area contributed by atoms with Crippen molar-refractivity contribution < 1.29 is 4.79 Å². The third-order valence-corrected chi connectivity index (χ3v) is 6.83. The molecule has 1 aromatic rings. The Morgan fingerprint density at radius 2 is 1.79 bits per heavy atom. The summed E-state index contributed by atoms with van der Waals surface area (Å²) in [6.07, 6.45) is 8.98. The Kier molecular flexibility index (Phi) is 4.34. The summed E-state index contributed by atoms with van der Waals surface area (Å²) in [5, 5.41) is 3.74. The molecule has 4 heteroatoms. The van der Waals surface area contributed by atoms with E-state index in [1.165, 1.54) is 38.5 Å². The predicted octanol–water partition coefficient (Wildman–Crippen LogP) is 3.79. The van der Waals surface area contributed by atoms with E-state index in [2.05, 4.69) is 5.32 Å². The Morgan fingerprint density at radius 1 is 1.17 bits per heavy atom. The predicted molar refractivity (Wildman–Crippen MR) is 97.1 cm³/mol. The quantitative estimate of drug-likeness (QED) is 0.852. The lowest BCUT2D eigenvalue weighted by atomic mass is 9.49. The smallest absolute Gasteiger partial charge is 0.252 e. The lowest BCUT2D eigenvalue weighted by molar-refractivity contribution is -0.0503. The number of amides is 1. The van der Waals surface area contributed by atoms with Gasteiger partial charge in [0.05, 0.1) is 10.6 Å². The van der Waals surface area contributed by atoms with Crippen LogP contribution in [-0.4, -0.2) is 19.0 Å². The van der Waals surface area contributed by atoms with Crippen LogP contribution >= 0.6 is 11.6 Å². The summed E-state index contributed by atoms with van der Waals surface area (Å²) < 4.78 is 0. The van der Waals surface area contributed by atoms with Crippen molar-refractivity contribution in [3.8, 4) is 0 Å². The van der Waals surface area contributed by atoms with Crippen molar-refractivity contribution in [2.24, 2.45) is 28.9 Å². The molecular weight excluding hydrogens is 320 g/mol. The van der Waals surface area contributed by atoms with E-state index in [1.807, 2.05) is 18.2 Å². The minimum atomic E-state index is -0.0328. The first-order chi connectivity index (χ1) is 11.6. The number of hydrogen-bond donors (Lipinski definition) is 2. The van der Waals surface area contributed by atoms with E-state index < -0.39 is 0 Å². The highest BCUT2D eigenvalue weighted by molar-refractivity contribution is 6.33. The molecule has 4 bridgehead atoms. The molecule has 0 aliphatic heterocycles. The van der Waals surface area contributed by atoms with Gasteiger partial charge in [0.15, 0.2) is 0 Å². The fourth-order valence-electron chi connectivity index (χ4n) is 5.94. The van der Waals surface area contributed by atoms with Crippen LogP contribution in [0.25, 0.3) is 0 Å². The third kappa shape index (κ3) is 3.09. The number of halogens is 1. The molecule has 130 valence electrons. The number of benzene rings is 1. The lowest BCUT2D eigenvalue weighted by Gasteiger charge is -2.56. The van der Waals surface area contributed by atoms with Gasteiger partial charge >= 0.3 is 0 Å². The highest BCUT2D eigenvalue weighted by Crippen LogP contribution is 2.59. The van der Waals surface area contributed by atoms with Gasteiger partial charge in [-0.2, -0.15) is 0 Å². The fraction of sp³-hybridized carbons (Fsp3) is 0.650. The molecule has 4 fully saturated rings. The van der Waals surface area contributed by atoms with Crippen molar-refractivity contribution in [2.75, 3.05) is 13.1 Å². The molecule has 0 atom stereocenters. The van der Waals surface area contributed by atoms with E-state index >= 15 is 0 Å². The van der Waals surface area contributed by atoms with Crippen molar-refractivity contribution in [1.29, 1.82) is 0 Å². The zero-order chi connectivity index (χ0) is 16.7. The average Bonchev–Trinajstić information content (AvgIpc) is 2.53. The first-order valence-corrected chi connectivity index (χ1v) is 9.71. The van der Waals surface area contributed by atoms with E-state index in [9.17, 15) is 4.79 Å². The number of nitrogens with one attached hydrogen (secondary N) is 1. The van der Waals surface area contributed by atoms with Gasteiger partial charge in [-0.25, -0.2) is 0 Å². The van der Waals surface area contributed by atoms with Crippen LogP contribution in [0.15, 0.2) is 18.2 Å². The van der Waals surface area contributed by atoms with Crippen LogP contribution in [0.5, 0.6) is 0 Å². The molecule has 5 rings (SSSR count). The molecule has 4 aliphatic rings. The Balaban J connectivity index is 1.44. The van der Waals surface area contributed by atoms with Crippen molar-refractivity contribution in [3.05, 3.63) is 34.3 Å². The molecular formula is C20H27ClN2O. The van der Waals surface area contributed by atoms with Crippen LogP contribution in [-0.2, 0) is 6.42 Å². The monoisotopic (exact) mass is 346 g/mol. The first-order valence-electron chi connectivity index (χ1n) is 9.33. The SMILES string of the molecule is NCCc1ccc(Cl)c(C(=O)NCC23CC4CC(CC(C4)C2)C3)c1. The zero-order valence-corrected chi connectivity index (χ0v) is 14.9. The van der Waals surface area contributed by atoms with Crippen LogP contribution in [0.1, 0.15) is 54.4 Å². The van der Waals surface area contributed by atoms with Crippen LogP contribution in [0.2, 0.25) is 5.02 Å². The second-order valence-electron chi connectivity index (χ2n) is 8.45. The molecule has 0 heterocycles. The average molecular weight is 347 g/mol. The molecule has 1 aromatic carbocycles. The topological polar surface area (TPSA) is 55.1 Å². The van der Waals surface area contributed by atoms with Gasteiger partial charge in [0.1, 0.15) is 0 Å². The van der Waals surface area contributed by atoms with E-state index in [-0.39, 0.29) is 5.91 Å². The molecule has 4 saturated carbocycles. The maximum atomic E-state index is 12.7. The van der Waals surface area contributed by atoms with Gasteiger partial charge in [-0.1, -0.05) is 17.7 Å². The molecule has 24 heavy (non-hydrogen) atoms. The summed E-state index contributed by atoms with van der Waals surface area (Å²) in [6.45, 7) is 1.39. The van der Waals surface area contributed by atoms with Gasteiger partial charge in [0.25, 0.3) is 5.91 Å². The Hall–Kier alpha value is -1.06.